The third kappa shape index (κ3) is 5.25. The molecule has 0 aromatic carbocycles. The van der Waals surface area contributed by atoms with Crippen LogP contribution in [0.3, 0.4) is 0 Å². The van der Waals surface area contributed by atoms with Gasteiger partial charge in [0.25, 0.3) is 5.82 Å². The standard InChI is InChI=1S/C12H6Cl4F3N7.C2H6/c13-7-2-1-3-20-9(7)26-8(11(14,15)16)4-6(22-26)5-25-23-10(21-24-25)12(17,18)19;1-2/h1-4H,5H2;1-2H3. The first kappa shape index (κ1) is 22.7. The molecule has 14 heteroatoms. The van der Waals surface area contributed by atoms with E-state index in [1.807, 2.05) is 13.8 Å². The van der Waals surface area contributed by atoms with E-state index in [1.165, 1.54) is 16.9 Å². The molecule has 0 saturated heterocycles. The number of rotatable bonds is 3. The van der Waals surface area contributed by atoms with Gasteiger partial charge >= 0.3 is 6.18 Å². The van der Waals surface area contributed by atoms with Crippen molar-refractivity contribution in [2.45, 2.75) is 30.4 Å². The van der Waals surface area contributed by atoms with Crippen LogP contribution in [-0.2, 0) is 16.5 Å². The van der Waals surface area contributed by atoms with Gasteiger partial charge in [-0.1, -0.05) is 60.3 Å². The summed E-state index contributed by atoms with van der Waals surface area (Å²) in [5.41, 5.74) is 0.299. The van der Waals surface area contributed by atoms with E-state index < -0.39 is 15.8 Å². The Kier molecular flexibility index (Phi) is 7.13. The maximum Gasteiger partial charge on any atom is 0.455 e. The Labute approximate surface area is 177 Å². The third-order valence-electron chi connectivity index (χ3n) is 3.00. The van der Waals surface area contributed by atoms with E-state index in [2.05, 4.69) is 25.5 Å². The molecule has 0 fully saturated rings. The fourth-order valence-corrected chi connectivity index (χ4v) is 2.58. The van der Waals surface area contributed by atoms with Crippen molar-refractivity contribution in [3.63, 3.8) is 0 Å². The summed E-state index contributed by atoms with van der Waals surface area (Å²) >= 11 is 23.9. The molecule has 0 aliphatic rings. The Balaban J connectivity index is 0.00000136. The molecule has 28 heavy (non-hydrogen) atoms. The van der Waals surface area contributed by atoms with Gasteiger partial charge in [0, 0.05) is 6.20 Å². The third-order valence-corrected chi connectivity index (χ3v) is 3.88. The number of nitrogens with zero attached hydrogens (tertiary/aromatic N) is 7. The molecular weight excluding hydrogens is 465 g/mol. The van der Waals surface area contributed by atoms with Crippen LogP contribution in [0, 0.1) is 0 Å². The second-order valence-electron chi connectivity index (χ2n) is 4.88. The van der Waals surface area contributed by atoms with E-state index in [-0.39, 0.29) is 28.8 Å². The predicted molar refractivity (Wildman–Crippen MR) is 98.9 cm³/mol. The molecule has 7 nitrogen and oxygen atoms in total. The normalized spacial score (nSPS) is 11.9. The van der Waals surface area contributed by atoms with Crippen LogP contribution < -0.4 is 0 Å². The average molecular weight is 477 g/mol. The van der Waals surface area contributed by atoms with Gasteiger partial charge in [-0.2, -0.15) is 23.1 Å². The van der Waals surface area contributed by atoms with Crippen molar-refractivity contribution in [3.05, 3.63) is 46.6 Å². The first-order chi connectivity index (χ1) is 13.1. The molecule has 3 aromatic rings. The average Bonchev–Trinajstić information content (AvgIpc) is 3.24. The van der Waals surface area contributed by atoms with Crippen molar-refractivity contribution in [2.75, 3.05) is 0 Å². The number of halogens is 7. The number of aromatic nitrogens is 7. The molecule has 3 heterocycles. The summed E-state index contributed by atoms with van der Waals surface area (Å²) in [5, 5.41) is 13.9. The van der Waals surface area contributed by atoms with E-state index >= 15 is 0 Å². The Morgan fingerprint density at radius 2 is 1.79 bits per heavy atom. The van der Waals surface area contributed by atoms with Crippen molar-refractivity contribution in [1.29, 1.82) is 0 Å². The second kappa shape index (κ2) is 8.81. The Hall–Kier alpha value is -1.62. The van der Waals surface area contributed by atoms with Crippen LogP contribution in [0.15, 0.2) is 24.4 Å². The summed E-state index contributed by atoms with van der Waals surface area (Å²) in [5.74, 6) is -1.18. The first-order valence-electron chi connectivity index (χ1n) is 7.68. The van der Waals surface area contributed by atoms with Gasteiger partial charge in [0.1, 0.15) is 6.54 Å². The van der Waals surface area contributed by atoms with Crippen LogP contribution in [0.5, 0.6) is 0 Å². The summed E-state index contributed by atoms with van der Waals surface area (Å²) in [6.45, 7) is 3.76. The topological polar surface area (TPSA) is 74.3 Å². The van der Waals surface area contributed by atoms with Crippen LogP contribution in [0.25, 0.3) is 5.82 Å². The largest absolute Gasteiger partial charge is 0.455 e. The lowest BCUT2D eigenvalue weighted by Crippen LogP contribution is -2.12. The number of hydrogen-bond donors (Lipinski definition) is 0. The van der Waals surface area contributed by atoms with Crippen molar-refractivity contribution in [2.24, 2.45) is 0 Å². The Morgan fingerprint density at radius 3 is 2.32 bits per heavy atom. The molecule has 0 radical (unpaired) electrons. The van der Waals surface area contributed by atoms with Gasteiger partial charge in [-0.15, -0.1) is 10.2 Å². The zero-order valence-electron chi connectivity index (χ0n) is 14.3. The SMILES string of the molecule is CC.FC(F)(F)c1nnn(Cc2cc(C(Cl)(Cl)Cl)n(-c3ncccc3Cl)n2)n1. The van der Waals surface area contributed by atoms with Gasteiger partial charge in [-0.05, 0) is 23.4 Å². The van der Waals surface area contributed by atoms with Crippen molar-refractivity contribution in [1.82, 2.24) is 35.0 Å². The number of tetrazole rings is 1. The number of pyridine rings is 1. The second-order valence-corrected chi connectivity index (χ2v) is 7.57. The smallest absolute Gasteiger partial charge is 0.236 e. The van der Waals surface area contributed by atoms with Crippen molar-refractivity contribution in [3.8, 4) is 5.82 Å². The lowest BCUT2D eigenvalue weighted by Gasteiger charge is -2.13. The molecular formula is C14H12Cl4F3N7. The van der Waals surface area contributed by atoms with E-state index in [0.29, 0.717) is 0 Å². The molecule has 0 unspecified atom stereocenters. The Bertz CT molecular complexity index is 934. The quantitative estimate of drug-likeness (QED) is 0.506. The summed E-state index contributed by atoms with van der Waals surface area (Å²) < 4.78 is 37.0. The summed E-state index contributed by atoms with van der Waals surface area (Å²) in [6.07, 6.45) is -3.25. The summed E-state index contributed by atoms with van der Waals surface area (Å²) in [7, 11) is 0. The van der Waals surface area contributed by atoms with E-state index in [0.717, 1.165) is 4.80 Å². The summed E-state index contributed by atoms with van der Waals surface area (Å²) in [4.78, 5) is 4.79. The van der Waals surface area contributed by atoms with Crippen molar-refractivity contribution >= 4 is 46.4 Å². The highest BCUT2D eigenvalue weighted by Gasteiger charge is 2.37. The molecule has 3 aromatic heterocycles. The van der Waals surface area contributed by atoms with Crippen LogP contribution in [0.1, 0.15) is 31.1 Å². The highest BCUT2D eigenvalue weighted by Crippen LogP contribution is 2.40. The zero-order chi connectivity index (χ0) is 21.1. The molecule has 0 amide bonds. The zero-order valence-corrected chi connectivity index (χ0v) is 17.3. The van der Waals surface area contributed by atoms with Crippen molar-refractivity contribution < 1.29 is 13.2 Å². The molecule has 0 bridgehead atoms. The molecule has 3 rings (SSSR count). The predicted octanol–water partition coefficient (Wildman–Crippen LogP) is 4.83. The maximum atomic E-state index is 12.6. The molecule has 0 spiro atoms. The molecule has 0 aliphatic heterocycles. The van der Waals surface area contributed by atoms with Gasteiger partial charge < -0.3 is 0 Å². The lowest BCUT2D eigenvalue weighted by atomic mass is 10.3. The van der Waals surface area contributed by atoms with Crippen LogP contribution in [-0.4, -0.2) is 35.0 Å². The minimum atomic E-state index is -4.71. The highest BCUT2D eigenvalue weighted by molar-refractivity contribution is 6.66. The lowest BCUT2D eigenvalue weighted by molar-refractivity contribution is -0.145. The van der Waals surface area contributed by atoms with E-state index in [1.54, 1.807) is 12.1 Å². The van der Waals surface area contributed by atoms with Gasteiger partial charge in [-0.3, -0.25) is 0 Å². The van der Waals surface area contributed by atoms with E-state index in [9.17, 15) is 13.2 Å². The maximum absolute atomic E-state index is 12.6. The number of alkyl halides is 6. The van der Waals surface area contributed by atoms with Gasteiger partial charge in [-0.25, -0.2) is 9.67 Å². The minimum absolute atomic E-state index is 0.0919. The minimum Gasteiger partial charge on any atom is -0.236 e. The molecule has 152 valence electrons. The van der Waals surface area contributed by atoms with Gasteiger partial charge in [0.05, 0.1) is 16.4 Å². The van der Waals surface area contributed by atoms with E-state index in [4.69, 9.17) is 46.4 Å². The fourth-order valence-electron chi connectivity index (χ4n) is 1.97. The summed E-state index contributed by atoms with van der Waals surface area (Å²) in [6, 6.07) is 4.53. The fraction of sp³-hybridized carbons (Fsp3) is 0.357. The van der Waals surface area contributed by atoms with Gasteiger partial charge in [0.2, 0.25) is 3.79 Å². The highest BCUT2D eigenvalue weighted by atomic mass is 35.6. The Morgan fingerprint density at radius 1 is 1.11 bits per heavy atom. The first-order valence-corrected chi connectivity index (χ1v) is 9.19. The monoisotopic (exact) mass is 475 g/mol. The van der Waals surface area contributed by atoms with Crippen LogP contribution in [0.4, 0.5) is 13.2 Å². The molecule has 0 saturated carbocycles. The molecule has 0 atom stereocenters. The van der Waals surface area contributed by atoms with Crippen LogP contribution >= 0.6 is 46.4 Å². The number of hydrogen-bond acceptors (Lipinski definition) is 5. The molecule has 0 aliphatic carbocycles. The molecule has 0 N–H and O–H groups in total. The van der Waals surface area contributed by atoms with Gasteiger partial charge in [0.15, 0.2) is 5.82 Å². The van der Waals surface area contributed by atoms with Crippen LogP contribution in [0.2, 0.25) is 5.02 Å².